The molecule has 0 spiro atoms. The van der Waals surface area contributed by atoms with E-state index in [2.05, 4.69) is 10.6 Å². The highest BCUT2D eigenvalue weighted by molar-refractivity contribution is 7.92. The average Bonchev–Trinajstić information content (AvgIpc) is 2.84. The molecule has 0 saturated heterocycles. The lowest BCUT2D eigenvalue weighted by Crippen LogP contribution is -2.38. The number of hydrogen-bond donors (Lipinski definition) is 3. The maximum absolute atomic E-state index is 14.0. The first-order chi connectivity index (χ1) is 17.5. The van der Waals surface area contributed by atoms with Gasteiger partial charge >= 0.3 is 0 Å². The molecule has 9 nitrogen and oxygen atoms in total. The molecular formula is C25H23ClFN5O4S. The van der Waals surface area contributed by atoms with Crippen LogP contribution in [-0.2, 0) is 27.9 Å². The quantitative estimate of drug-likeness (QED) is 0.358. The number of rotatable bonds is 10. The van der Waals surface area contributed by atoms with Crippen LogP contribution in [0.3, 0.4) is 0 Å². The van der Waals surface area contributed by atoms with Crippen molar-refractivity contribution in [1.29, 1.82) is 5.26 Å². The van der Waals surface area contributed by atoms with E-state index in [9.17, 15) is 27.7 Å². The Kier molecular flexibility index (Phi) is 8.70. The highest BCUT2D eigenvalue weighted by Gasteiger charge is 2.22. The van der Waals surface area contributed by atoms with Crippen LogP contribution < -0.4 is 20.7 Å². The van der Waals surface area contributed by atoms with E-state index in [0.717, 1.165) is 10.6 Å². The summed E-state index contributed by atoms with van der Waals surface area (Å²) in [5.41, 5.74) is 7.19. The highest BCUT2D eigenvalue weighted by atomic mass is 35.5. The molecule has 3 aromatic rings. The minimum atomic E-state index is -3.89. The van der Waals surface area contributed by atoms with Gasteiger partial charge in [0.15, 0.2) is 0 Å². The fourth-order valence-corrected chi connectivity index (χ4v) is 4.54. The Morgan fingerprint density at radius 2 is 1.81 bits per heavy atom. The monoisotopic (exact) mass is 543 g/mol. The van der Waals surface area contributed by atoms with Gasteiger partial charge in [-0.2, -0.15) is 5.26 Å². The summed E-state index contributed by atoms with van der Waals surface area (Å²) < 4.78 is 39.1. The number of nitriles is 1. The van der Waals surface area contributed by atoms with Crippen LogP contribution in [0.5, 0.6) is 0 Å². The van der Waals surface area contributed by atoms with E-state index < -0.39 is 28.4 Å². The van der Waals surface area contributed by atoms with Crippen molar-refractivity contribution >= 4 is 44.8 Å². The SMILES string of the molecule is CS(=O)(=O)N(CC(N)=O)c1cc(Cl)cc(C(=O)NCc2ccc(C#N)cc2NCc2ccccc2F)c1. The molecule has 3 rings (SSSR count). The van der Waals surface area contributed by atoms with E-state index >= 15 is 0 Å². The summed E-state index contributed by atoms with van der Waals surface area (Å²) in [6.45, 7) is -0.438. The van der Waals surface area contributed by atoms with Crippen LogP contribution in [0.25, 0.3) is 0 Å². The Balaban J connectivity index is 1.82. The fourth-order valence-electron chi connectivity index (χ4n) is 3.47. The summed E-state index contributed by atoms with van der Waals surface area (Å²) in [5, 5.41) is 15.2. The van der Waals surface area contributed by atoms with Gasteiger partial charge in [-0.1, -0.05) is 35.9 Å². The molecule has 0 aliphatic carbocycles. The molecule has 3 aromatic carbocycles. The molecule has 0 unspecified atom stereocenters. The van der Waals surface area contributed by atoms with Gasteiger partial charge in [0.25, 0.3) is 5.91 Å². The summed E-state index contributed by atoms with van der Waals surface area (Å²) in [6, 6.07) is 17.1. The molecule has 0 atom stereocenters. The minimum absolute atomic E-state index is 0.00423. The van der Waals surface area contributed by atoms with Crippen LogP contribution >= 0.6 is 11.6 Å². The van der Waals surface area contributed by atoms with Gasteiger partial charge in [0.05, 0.1) is 23.6 Å². The molecule has 37 heavy (non-hydrogen) atoms. The van der Waals surface area contributed by atoms with E-state index in [0.29, 0.717) is 22.4 Å². The summed E-state index contributed by atoms with van der Waals surface area (Å²) in [5.74, 6) is -1.83. The van der Waals surface area contributed by atoms with E-state index in [1.165, 1.54) is 24.3 Å². The first kappa shape index (κ1) is 27.4. The fraction of sp³-hybridized carbons (Fsp3) is 0.160. The maximum atomic E-state index is 14.0. The van der Waals surface area contributed by atoms with Crippen molar-refractivity contribution in [2.24, 2.45) is 5.73 Å². The molecular weight excluding hydrogens is 521 g/mol. The highest BCUT2D eigenvalue weighted by Crippen LogP contribution is 2.25. The molecule has 2 amide bonds. The Hall–Kier alpha value is -4.14. The third kappa shape index (κ3) is 7.42. The van der Waals surface area contributed by atoms with Crippen molar-refractivity contribution in [2.75, 3.05) is 22.4 Å². The van der Waals surface area contributed by atoms with Gasteiger partial charge in [0.2, 0.25) is 15.9 Å². The minimum Gasteiger partial charge on any atom is -0.381 e. The largest absolute Gasteiger partial charge is 0.381 e. The van der Waals surface area contributed by atoms with Crippen LogP contribution in [0.15, 0.2) is 60.7 Å². The number of carbonyl (C=O) groups excluding carboxylic acids is 2. The zero-order valence-corrected chi connectivity index (χ0v) is 21.2. The molecule has 0 heterocycles. The number of halogens is 2. The number of amides is 2. The van der Waals surface area contributed by atoms with Crippen molar-refractivity contribution in [3.05, 3.63) is 93.8 Å². The van der Waals surface area contributed by atoms with E-state index in [1.807, 2.05) is 6.07 Å². The lowest BCUT2D eigenvalue weighted by molar-refractivity contribution is -0.116. The number of nitrogens with one attached hydrogen (secondary N) is 2. The van der Waals surface area contributed by atoms with E-state index in [4.69, 9.17) is 17.3 Å². The van der Waals surface area contributed by atoms with Crippen molar-refractivity contribution < 1.29 is 22.4 Å². The van der Waals surface area contributed by atoms with E-state index in [-0.39, 0.29) is 35.2 Å². The van der Waals surface area contributed by atoms with Crippen LogP contribution in [0.4, 0.5) is 15.8 Å². The van der Waals surface area contributed by atoms with Gasteiger partial charge in [-0.05, 0) is 42.0 Å². The van der Waals surface area contributed by atoms with Crippen molar-refractivity contribution in [3.8, 4) is 6.07 Å². The number of benzene rings is 3. The summed E-state index contributed by atoms with van der Waals surface area (Å²) >= 11 is 6.12. The third-order valence-corrected chi connectivity index (χ3v) is 6.60. The Labute approximate surface area is 218 Å². The number of sulfonamides is 1. The molecule has 192 valence electrons. The number of nitrogens with zero attached hydrogens (tertiary/aromatic N) is 2. The second-order valence-corrected chi connectivity index (χ2v) is 10.4. The molecule has 0 bridgehead atoms. The second kappa shape index (κ2) is 11.7. The van der Waals surface area contributed by atoms with Gasteiger partial charge < -0.3 is 16.4 Å². The first-order valence-electron chi connectivity index (χ1n) is 10.8. The van der Waals surface area contributed by atoms with Crippen LogP contribution in [0, 0.1) is 17.1 Å². The van der Waals surface area contributed by atoms with Crippen molar-refractivity contribution in [1.82, 2.24) is 5.32 Å². The Bertz CT molecular complexity index is 1490. The molecule has 12 heteroatoms. The number of primary amides is 1. The lowest BCUT2D eigenvalue weighted by atomic mass is 10.1. The molecule has 0 saturated carbocycles. The third-order valence-electron chi connectivity index (χ3n) is 5.24. The maximum Gasteiger partial charge on any atom is 0.251 e. The Morgan fingerprint density at radius 1 is 1.08 bits per heavy atom. The predicted molar refractivity (Wildman–Crippen MR) is 139 cm³/mol. The van der Waals surface area contributed by atoms with Gasteiger partial charge in [0, 0.05) is 34.9 Å². The summed E-state index contributed by atoms with van der Waals surface area (Å²) in [7, 11) is -3.89. The van der Waals surface area contributed by atoms with Crippen LogP contribution in [-0.4, -0.2) is 33.0 Å². The number of hydrogen-bond acceptors (Lipinski definition) is 6. The average molecular weight is 544 g/mol. The summed E-state index contributed by atoms with van der Waals surface area (Å²) in [4.78, 5) is 24.3. The lowest BCUT2D eigenvalue weighted by Gasteiger charge is -2.21. The smallest absolute Gasteiger partial charge is 0.251 e. The van der Waals surface area contributed by atoms with Crippen LogP contribution in [0.1, 0.15) is 27.0 Å². The molecule has 0 aliphatic heterocycles. The normalized spacial score (nSPS) is 10.9. The summed E-state index contributed by atoms with van der Waals surface area (Å²) in [6.07, 6.45) is 0.900. The Morgan fingerprint density at radius 3 is 2.46 bits per heavy atom. The van der Waals surface area contributed by atoms with Crippen molar-refractivity contribution in [2.45, 2.75) is 13.1 Å². The zero-order valence-electron chi connectivity index (χ0n) is 19.7. The molecule has 0 aliphatic rings. The molecule has 0 radical (unpaired) electrons. The van der Waals surface area contributed by atoms with Gasteiger partial charge in [-0.3, -0.25) is 13.9 Å². The van der Waals surface area contributed by atoms with Gasteiger partial charge in [-0.25, -0.2) is 12.8 Å². The van der Waals surface area contributed by atoms with Crippen LogP contribution in [0.2, 0.25) is 5.02 Å². The van der Waals surface area contributed by atoms with Crippen molar-refractivity contribution in [3.63, 3.8) is 0 Å². The second-order valence-electron chi connectivity index (χ2n) is 8.05. The van der Waals surface area contributed by atoms with Gasteiger partial charge in [0.1, 0.15) is 12.4 Å². The van der Waals surface area contributed by atoms with Gasteiger partial charge in [-0.15, -0.1) is 0 Å². The topological polar surface area (TPSA) is 145 Å². The molecule has 0 fully saturated rings. The number of carbonyl (C=O) groups is 2. The standard InChI is InChI=1S/C25H23ClFN5O4S/c1-37(35,36)32(15-24(29)33)21-10-19(9-20(26)11-21)25(34)31-14-18-7-6-16(12-28)8-23(18)30-13-17-4-2-3-5-22(17)27/h2-11,30H,13-15H2,1H3,(H2,29,33)(H,31,34). The molecule has 4 N–H and O–H groups in total. The number of nitrogens with two attached hydrogens (primary N) is 1. The zero-order chi connectivity index (χ0) is 27.2. The molecule has 0 aromatic heterocycles. The van der Waals surface area contributed by atoms with E-state index in [1.54, 1.807) is 36.4 Å². The first-order valence-corrected chi connectivity index (χ1v) is 13.1. The predicted octanol–water partition coefficient (Wildman–Crippen LogP) is 3.14. The number of anilines is 2.